The highest BCUT2D eigenvalue weighted by Crippen LogP contribution is 2.21. The van der Waals surface area contributed by atoms with Gasteiger partial charge in [0.25, 0.3) is 0 Å². The maximum atomic E-state index is 12.4. The number of ether oxygens (including phenoxy) is 1. The Labute approximate surface area is 137 Å². The fourth-order valence-corrected chi connectivity index (χ4v) is 3.15. The SMILES string of the molecule is CC(CNC(=O)C1CC(c2ccccc2)NN1)N1CCOCC1. The van der Waals surface area contributed by atoms with Gasteiger partial charge in [-0.3, -0.25) is 9.69 Å². The zero-order valence-corrected chi connectivity index (χ0v) is 13.6. The number of nitrogens with one attached hydrogen (secondary N) is 3. The first kappa shape index (κ1) is 16.4. The van der Waals surface area contributed by atoms with Crippen LogP contribution in [0.5, 0.6) is 0 Å². The standard InChI is InChI=1S/C17H26N4O2/c1-13(21-7-9-23-10-8-21)12-18-17(22)16-11-15(19-20-16)14-5-3-2-4-6-14/h2-6,13,15-16,19-20H,7-12H2,1H3,(H,18,22). The summed E-state index contributed by atoms with van der Waals surface area (Å²) in [4.78, 5) is 14.7. The second kappa shape index (κ2) is 7.88. The maximum absolute atomic E-state index is 12.4. The van der Waals surface area contributed by atoms with E-state index in [0.717, 1.165) is 32.7 Å². The van der Waals surface area contributed by atoms with Crippen LogP contribution in [0, 0.1) is 0 Å². The molecule has 0 spiro atoms. The minimum Gasteiger partial charge on any atom is -0.379 e. The molecule has 2 fully saturated rings. The second-order valence-corrected chi connectivity index (χ2v) is 6.28. The van der Waals surface area contributed by atoms with Crippen molar-refractivity contribution in [3.05, 3.63) is 35.9 Å². The molecule has 2 saturated heterocycles. The summed E-state index contributed by atoms with van der Waals surface area (Å²) in [5, 5.41) is 3.07. The molecule has 0 aliphatic carbocycles. The number of benzene rings is 1. The highest BCUT2D eigenvalue weighted by atomic mass is 16.5. The number of rotatable bonds is 5. The molecule has 0 bridgehead atoms. The Bertz CT molecular complexity index is 505. The summed E-state index contributed by atoms with van der Waals surface area (Å²) in [6, 6.07) is 10.6. The van der Waals surface area contributed by atoms with Gasteiger partial charge in [-0.05, 0) is 18.9 Å². The molecule has 6 heteroatoms. The molecule has 0 aromatic heterocycles. The third-order valence-corrected chi connectivity index (χ3v) is 4.66. The predicted octanol–water partition coefficient (Wildman–Crippen LogP) is 0.431. The first-order valence-electron chi connectivity index (χ1n) is 8.39. The average Bonchev–Trinajstić information content (AvgIpc) is 3.11. The van der Waals surface area contributed by atoms with Gasteiger partial charge in [0.1, 0.15) is 6.04 Å². The minimum atomic E-state index is -0.183. The third-order valence-electron chi connectivity index (χ3n) is 4.66. The van der Waals surface area contributed by atoms with Crippen LogP contribution in [-0.4, -0.2) is 55.7 Å². The van der Waals surface area contributed by atoms with Crippen LogP contribution < -0.4 is 16.2 Å². The van der Waals surface area contributed by atoms with E-state index in [1.165, 1.54) is 5.56 Å². The summed E-state index contributed by atoms with van der Waals surface area (Å²) < 4.78 is 5.36. The molecule has 1 amide bonds. The number of morpholine rings is 1. The quantitative estimate of drug-likeness (QED) is 0.735. The lowest BCUT2D eigenvalue weighted by Crippen LogP contribution is -2.50. The molecule has 1 aromatic carbocycles. The Kier molecular flexibility index (Phi) is 5.61. The highest BCUT2D eigenvalue weighted by molar-refractivity contribution is 5.82. The Balaban J connectivity index is 1.44. The summed E-state index contributed by atoms with van der Waals surface area (Å²) in [6.07, 6.45) is 0.766. The molecular formula is C17H26N4O2. The average molecular weight is 318 g/mol. The van der Waals surface area contributed by atoms with Crippen LogP contribution in [0.25, 0.3) is 0 Å². The van der Waals surface area contributed by atoms with Crippen molar-refractivity contribution in [2.45, 2.75) is 31.5 Å². The largest absolute Gasteiger partial charge is 0.379 e. The van der Waals surface area contributed by atoms with Crippen LogP contribution in [0.3, 0.4) is 0 Å². The molecule has 3 atom stereocenters. The first-order chi connectivity index (χ1) is 11.2. The molecule has 2 heterocycles. The van der Waals surface area contributed by atoms with Crippen LogP contribution in [0.2, 0.25) is 0 Å². The van der Waals surface area contributed by atoms with E-state index in [2.05, 4.69) is 40.1 Å². The Hall–Kier alpha value is -1.47. The van der Waals surface area contributed by atoms with Gasteiger partial charge >= 0.3 is 0 Å². The van der Waals surface area contributed by atoms with Crippen molar-refractivity contribution in [1.82, 2.24) is 21.1 Å². The molecule has 2 aliphatic heterocycles. The molecule has 2 aliphatic rings. The van der Waals surface area contributed by atoms with E-state index >= 15 is 0 Å². The van der Waals surface area contributed by atoms with E-state index in [0.29, 0.717) is 12.6 Å². The second-order valence-electron chi connectivity index (χ2n) is 6.28. The van der Waals surface area contributed by atoms with Gasteiger partial charge in [0, 0.05) is 31.7 Å². The van der Waals surface area contributed by atoms with Gasteiger partial charge in [-0.2, -0.15) is 0 Å². The summed E-state index contributed by atoms with van der Waals surface area (Å²) >= 11 is 0. The van der Waals surface area contributed by atoms with E-state index in [1.54, 1.807) is 0 Å². The number of carbonyl (C=O) groups is 1. The lowest BCUT2D eigenvalue weighted by molar-refractivity contribution is -0.123. The molecule has 1 aromatic rings. The number of hydrogen-bond donors (Lipinski definition) is 3. The molecule has 3 N–H and O–H groups in total. The number of nitrogens with zero attached hydrogens (tertiary/aromatic N) is 1. The van der Waals surface area contributed by atoms with Gasteiger partial charge in [0.2, 0.25) is 5.91 Å². The van der Waals surface area contributed by atoms with Crippen LogP contribution >= 0.6 is 0 Å². The molecule has 23 heavy (non-hydrogen) atoms. The molecule has 3 rings (SSSR count). The summed E-state index contributed by atoms with van der Waals surface area (Å²) in [5.74, 6) is 0.0658. The van der Waals surface area contributed by atoms with Crippen molar-refractivity contribution < 1.29 is 9.53 Å². The Morgan fingerprint density at radius 3 is 2.78 bits per heavy atom. The van der Waals surface area contributed by atoms with Crippen molar-refractivity contribution in [2.24, 2.45) is 0 Å². The molecule has 0 radical (unpaired) electrons. The van der Waals surface area contributed by atoms with E-state index in [9.17, 15) is 4.79 Å². The van der Waals surface area contributed by atoms with Crippen LogP contribution in [-0.2, 0) is 9.53 Å². The smallest absolute Gasteiger partial charge is 0.238 e. The zero-order valence-electron chi connectivity index (χ0n) is 13.6. The van der Waals surface area contributed by atoms with E-state index in [1.807, 2.05) is 18.2 Å². The molecule has 126 valence electrons. The monoisotopic (exact) mass is 318 g/mol. The van der Waals surface area contributed by atoms with Gasteiger partial charge in [-0.1, -0.05) is 30.3 Å². The lowest BCUT2D eigenvalue weighted by atomic mass is 10.0. The minimum absolute atomic E-state index is 0.0658. The van der Waals surface area contributed by atoms with Crippen molar-refractivity contribution >= 4 is 5.91 Å². The van der Waals surface area contributed by atoms with Crippen molar-refractivity contribution in [1.29, 1.82) is 0 Å². The summed E-state index contributed by atoms with van der Waals surface area (Å²) in [6.45, 7) is 6.27. The summed E-state index contributed by atoms with van der Waals surface area (Å²) in [5.41, 5.74) is 7.54. The number of hydrazine groups is 1. The van der Waals surface area contributed by atoms with Crippen molar-refractivity contribution in [2.75, 3.05) is 32.8 Å². The molecule has 0 saturated carbocycles. The van der Waals surface area contributed by atoms with Gasteiger partial charge in [0.05, 0.1) is 13.2 Å². The Morgan fingerprint density at radius 1 is 1.30 bits per heavy atom. The third kappa shape index (κ3) is 4.29. The van der Waals surface area contributed by atoms with Crippen molar-refractivity contribution in [3.8, 4) is 0 Å². The normalized spacial score (nSPS) is 26.8. The predicted molar refractivity (Wildman–Crippen MR) is 88.7 cm³/mol. The van der Waals surface area contributed by atoms with Crippen LogP contribution in [0.15, 0.2) is 30.3 Å². The van der Waals surface area contributed by atoms with Gasteiger partial charge < -0.3 is 10.1 Å². The Morgan fingerprint density at radius 2 is 2.04 bits per heavy atom. The van der Waals surface area contributed by atoms with Crippen molar-refractivity contribution in [3.63, 3.8) is 0 Å². The number of amides is 1. The van der Waals surface area contributed by atoms with Gasteiger partial charge in [-0.25, -0.2) is 10.9 Å². The highest BCUT2D eigenvalue weighted by Gasteiger charge is 2.30. The van der Waals surface area contributed by atoms with E-state index in [4.69, 9.17) is 4.74 Å². The maximum Gasteiger partial charge on any atom is 0.238 e. The molecule has 3 unspecified atom stereocenters. The zero-order chi connectivity index (χ0) is 16.1. The van der Waals surface area contributed by atoms with Crippen LogP contribution in [0.1, 0.15) is 24.9 Å². The van der Waals surface area contributed by atoms with Crippen LogP contribution in [0.4, 0.5) is 0 Å². The summed E-state index contributed by atoms with van der Waals surface area (Å²) in [7, 11) is 0. The van der Waals surface area contributed by atoms with E-state index < -0.39 is 0 Å². The fraction of sp³-hybridized carbons (Fsp3) is 0.588. The molecule has 6 nitrogen and oxygen atoms in total. The molecular weight excluding hydrogens is 292 g/mol. The number of carbonyl (C=O) groups excluding carboxylic acids is 1. The van der Waals surface area contributed by atoms with Gasteiger partial charge in [0.15, 0.2) is 0 Å². The first-order valence-corrected chi connectivity index (χ1v) is 8.39. The number of hydrogen-bond acceptors (Lipinski definition) is 5. The van der Waals surface area contributed by atoms with Gasteiger partial charge in [-0.15, -0.1) is 0 Å². The topological polar surface area (TPSA) is 65.6 Å². The lowest BCUT2D eigenvalue weighted by Gasteiger charge is -2.32. The fourth-order valence-electron chi connectivity index (χ4n) is 3.15. The van der Waals surface area contributed by atoms with E-state index in [-0.39, 0.29) is 18.0 Å².